The lowest BCUT2D eigenvalue weighted by atomic mass is 10.1. The van der Waals surface area contributed by atoms with Gasteiger partial charge in [0.2, 0.25) is 5.91 Å². The first kappa shape index (κ1) is 14.8. The van der Waals surface area contributed by atoms with E-state index in [4.69, 9.17) is 0 Å². The van der Waals surface area contributed by atoms with Crippen LogP contribution in [0.25, 0.3) is 11.0 Å². The Bertz CT molecular complexity index is 728. The lowest BCUT2D eigenvalue weighted by Crippen LogP contribution is -2.31. The number of rotatable bonds is 7. The fraction of sp³-hybridized carbons (Fsp3) is 0.500. The van der Waals surface area contributed by atoms with Crippen LogP contribution in [0, 0.1) is 5.41 Å². The molecule has 0 unspecified atom stereocenters. The van der Waals surface area contributed by atoms with Gasteiger partial charge in [0.25, 0.3) is 0 Å². The summed E-state index contributed by atoms with van der Waals surface area (Å²) < 4.78 is 0. The molecule has 118 valence electrons. The van der Waals surface area contributed by atoms with Crippen molar-refractivity contribution in [2.45, 2.75) is 32.1 Å². The van der Waals surface area contributed by atoms with Gasteiger partial charge >= 0.3 is 5.69 Å². The van der Waals surface area contributed by atoms with E-state index >= 15 is 0 Å². The van der Waals surface area contributed by atoms with Crippen LogP contribution in [0.4, 0.5) is 0 Å². The van der Waals surface area contributed by atoms with Gasteiger partial charge in [-0.1, -0.05) is 6.07 Å². The highest BCUT2D eigenvalue weighted by atomic mass is 16.3. The molecular formula is C16H21N3O3. The Labute approximate surface area is 127 Å². The SMILES string of the molecule is O=C(CCCc1ccc2[nH]c(=O)[nH]c2c1)NCC1(CO)CC1. The summed E-state index contributed by atoms with van der Waals surface area (Å²) in [7, 11) is 0. The fourth-order valence-corrected chi connectivity index (χ4v) is 2.63. The predicted molar refractivity (Wildman–Crippen MR) is 83.6 cm³/mol. The van der Waals surface area contributed by atoms with Crippen molar-refractivity contribution in [1.29, 1.82) is 0 Å². The Morgan fingerprint density at radius 1 is 1.27 bits per heavy atom. The molecule has 1 fully saturated rings. The van der Waals surface area contributed by atoms with E-state index < -0.39 is 0 Å². The number of nitrogens with one attached hydrogen (secondary N) is 3. The van der Waals surface area contributed by atoms with Crippen molar-refractivity contribution in [3.05, 3.63) is 34.2 Å². The maximum Gasteiger partial charge on any atom is 0.323 e. The molecule has 0 aliphatic heterocycles. The average Bonchev–Trinajstić information content (AvgIpc) is 3.19. The van der Waals surface area contributed by atoms with Crippen LogP contribution < -0.4 is 11.0 Å². The molecule has 0 spiro atoms. The number of amides is 1. The number of aliphatic hydroxyl groups is 1. The average molecular weight is 303 g/mol. The summed E-state index contributed by atoms with van der Waals surface area (Å²) >= 11 is 0. The zero-order valence-corrected chi connectivity index (χ0v) is 12.4. The van der Waals surface area contributed by atoms with Crippen LogP contribution in [0.3, 0.4) is 0 Å². The Morgan fingerprint density at radius 3 is 2.77 bits per heavy atom. The smallest absolute Gasteiger partial charge is 0.323 e. The highest BCUT2D eigenvalue weighted by Crippen LogP contribution is 2.44. The van der Waals surface area contributed by atoms with Gasteiger partial charge in [-0.25, -0.2) is 4.79 Å². The lowest BCUT2D eigenvalue weighted by molar-refractivity contribution is -0.121. The van der Waals surface area contributed by atoms with Crippen molar-refractivity contribution in [3.63, 3.8) is 0 Å². The van der Waals surface area contributed by atoms with Crippen molar-refractivity contribution >= 4 is 16.9 Å². The molecule has 2 aromatic rings. The lowest BCUT2D eigenvalue weighted by Gasteiger charge is -2.12. The van der Waals surface area contributed by atoms with E-state index in [1.807, 2.05) is 18.2 Å². The van der Waals surface area contributed by atoms with Gasteiger partial charge in [-0.2, -0.15) is 0 Å². The van der Waals surface area contributed by atoms with E-state index in [1.165, 1.54) is 0 Å². The third kappa shape index (κ3) is 3.39. The Hall–Kier alpha value is -2.08. The summed E-state index contributed by atoms with van der Waals surface area (Å²) in [6, 6.07) is 5.78. The van der Waals surface area contributed by atoms with Crippen LogP contribution in [0.2, 0.25) is 0 Å². The van der Waals surface area contributed by atoms with E-state index in [0.717, 1.165) is 42.3 Å². The first-order valence-electron chi connectivity index (χ1n) is 7.69. The number of imidazole rings is 1. The largest absolute Gasteiger partial charge is 0.396 e. The van der Waals surface area contributed by atoms with E-state index in [2.05, 4.69) is 15.3 Å². The summed E-state index contributed by atoms with van der Waals surface area (Å²) in [6.07, 6.45) is 4.03. The van der Waals surface area contributed by atoms with Crippen LogP contribution in [0.5, 0.6) is 0 Å². The quantitative estimate of drug-likeness (QED) is 0.616. The van der Waals surface area contributed by atoms with Crippen LogP contribution in [0.15, 0.2) is 23.0 Å². The highest BCUT2D eigenvalue weighted by molar-refractivity contribution is 5.76. The minimum Gasteiger partial charge on any atom is -0.396 e. The van der Waals surface area contributed by atoms with Crippen LogP contribution in [-0.2, 0) is 11.2 Å². The molecule has 1 aliphatic carbocycles. The summed E-state index contributed by atoms with van der Waals surface area (Å²) in [6.45, 7) is 0.737. The molecule has 0 saturated heterocycles. The molecule has 1 heterocycles. The van der Waals surface area contributed by atoms with E-state index in [-0.39, 0.29) is 23.6 Å². The van der Waals surface area contributed by atoms with Gasteiger partial charge in [-0.15, -0.1) is 0 Å². The summed E-state index contributed by atoms with van der Waals surface area (Å²) in [5.41, 5.74) is 2.45. The second kappa shape index (κ2) is 5.96. The molecule has 1 aromatic carbocycles. The molecule has 22 heavy (non-hydrogen) atoms. The molecule has 6 heteroatoms. The summed E-state index contributed by atoms with van der Waals surface area (Å²) in [4.78, 5) is 28.4. The van der Waals surface area contributed by atoms with E-state index in [0.29, 0.717) is 13.0 Å². The molecule has 6 nitrogen and oxygen atoms in total. The first-order chi connectivity index (χ1) is 10.6. The molecule has 3 rings (SSSR count). The van der Waals surface area contributed by atoms with Crippen molar-refractivity contribution in [2.24, 2.45) is 5.41 Å². The van der Waals surface area contributed by atoms with Gasteiger partial charge in [-0.05, 0) is 43.4 Å². The molecule has 1 aliphatic rings. The highest BCUT2D eigenvalue weighted by Gasteiger charge is 2.41. The summed E-state index contributed by atoms with van der Waals surface area (Å²) in [5.74, 6) is 0.0378. The molecule has 0 bridgehead atoms. The molecule has 0 atom stereocenters. The van der Waals surface area contributed by atoms with Crippen molar-refractivity contribution < 1.29 is 9.90 Å². The van der Waals surface area contributed by atoms with Gasteiger partial charge in [0, 0.05) is 18.4 Å². The number of aliphatic hydroxyl groups excluding tert-OH is 1. The normalized spacial score (nSPS) is 15.9. The Balaban J connectivity index is 1.45. The van der Waals surface area contributed by atoms with E-state index in [9.17, 15) is 14.7 Å². The zero-order chi connectivity index (χ0) is 15.6. The van der Waals surface area contributed by atoms with Crippen LogP contribution in [0.1, 0.15) is 31.2 Å². The molecule has 0 radical (unpaired) electrons. The Kier molecular flexibility index (Phi) is 4.02. The number of carbonyl (C=O) groups excluding carboxylic acids is 1. The summed E-state index contributed by atoms with van der Waals surface area (Å²) in [5, 5.41) is 12.1. The number of benzene rings is 1. The van der Waals surface area contributed by atoms with Gasteiger partial charge in [-0.3, -0.25) is 4.79 Å². The zero-order valence-electron chi connectivity index (χ0n) is 12.4. The number of aromatic amines is 2. The molecular weight excluding hydrogens is 282 g/mol. The van der Waals surface area contributed by atoms with Gasteiger partial charge in [0.05, 0.1) is 17.6 Å². The number of aromatic nitrogens is 2. The van der Waals surface area contributed by atoms with Gasteiger partial charge in [0.15, 0.2) is 0 Å². The number of carbonyl (C=O) groups is 1. The van der Waals surface area contributed by atoms with Crippen molar-refractivity contribution in [2.75, 3.05) is 13.2 Å². The van der Waals surface area contributed by atoms with Crippen molar-refractivity contribution in [1.82, 2.24) is 15.3 Å². The maximum absolute atomic E-state index is 11.8. The van der Waals surface area contributed by atoms with E-state index in [1.54, 1.807) is 0 Å². The topological polar surface area (TPSA) is 98.0 Å². The molecule has 4 N–H and O–H groups in total. The molecule has 1 amide bonds. The molecule has 1 aromatic heterocycles. The third-order valence-corrected chi connectivity index (χ3v) is 4.40. The minimum absolute atomic E-state index is 0.0378. The maximum atomic E-state index is 11.8. The number of H-pyrrole nitrogens is 2. The standard InChI is InChI=1S/C16H21N3O3/c20-10-16(6-7-16)9-17-14(21)3-1-2-11-4-5-12-13(8-11)19-15(22)18-12/h4-5,8,20H,1-3,6-7,9-10H2,(H,17,21)(H2,18,19,22). The van der Waals surface area contributed by atoms with Gasteiger partial charge < -0.3 is 20.4 Å². The Morgan fingerprint density at radius 2 is 2.05 bits per heavy atom. The van der Waals surface area contributed by atoms with Crippen LogP contribution in [-0.4, -0.2) is 34.1 Å². The second-order valence-electron chi connectivity index (χ2n) is 6.25. The third-order valence-electron chi connectivity index (χ3n) is 4.40. The molecule has 1 saturated carbocycles. The first-order valence-corrected chi connectivity index (χ1v) is 7.69. The second-order valence-corrected chi connectivity index (χ2v) is 6.25. The monoisotopic (exact) mass is 303 g/mol. The van der Waals surface area contributed by atoms with Gasteiger partial charge in [0.1, 0.15) is 0 Å². The predicted octanol–water partition coefficient (Wildman–Crippen LogP) is 1.07. The fourth-order valence-electron chi connectivity index (χ4n) is 2.63. The van der Waals surface area contributed by atoms with Crippen LogP contribution >= 0.6 is 0 Å². The number of hydrogen-bond donors (Lipinski definition) is 4. The van der Waals surface area contributed by atoms with Crippen molar-refractivity contribution in [3.8, 4) is 0 Å². The number of hydrogen-bond acceptors (Lipinski definition) is 3. The number of aryl methyl sites for hydroxylation is 1. The minimum atomic E-state index is -0.204. The number of fused-ring (bicyclic) bond motifs is 1.